The van der Waals surface area contributed by atoms with Crippen LogP contribution in [0.1, 0.15) is 70.1 Å². The summed E-state index contributed by atoms with van der Waals surface area (Å²) in [5.74, 6) is 3.86. The van der Waals surface area contributed by atoms with Gasteiger partial charge < -0.3 is 4.74 Å². The van der Waals surface area contributed by atoms with Gasteiger partial charge in [0.15, 0.2) is 0 Å². The number of hydrogen-bond acceptors (Lipinski definition) is 3. The van der Waals surface area contributed by atoms with Crippen LogP contribution < -0.4 is 4.74 Å². The molecule has 1 aromatic heterocycles. The third-order valence-electron chi connectivity index (χ3n) is 6.74. The van der Waals surface area contributed by atoms with E-state index >= 15 is 0 Å². The number of ether oxygens (including phenoxy) is 1. The first-order valence-electron chi connectivity index (χ1n) is 11.8. The van der Waals surface area contributed by atoms with E-state index < -0.39 is 0 Å². The predicted octanol–water partition coefficient (Wildman–Crippen LogP) is 7.21. The molecule has 3 aromatic rings. The van der Waals surface area contributed by atoms with Crippen LogP contribution in [0.25, 0.3) is 12.2 Å². The molecule has 161 valence electrons. The Morgan fingerprint density at radius 1 is 0.875 bits per heavy atom. The summed E-state index contributed by atoms with van der Waals surface area (Å²) in [6.45, 7) is 0.644. The van der Waals surface area contributed by atoms with E-state index in [0.29, 0.717) is 11.9 Å². The van der Waals surface area contributed by atoms with E-state index in [9.17, 15) is 0 Å². The molecular weight excluding hydrogens is 410 g/mol. The molecule has 0 spiro atoms. The highest BCUT2D eigenvalue weighted by Crippen LogP contribution is 2.47. The minimum Gasteiger partial charge on any atom is -0.489 e. The molecule has 1 saturated carbocycles. The van der Waals surface area contributed by atoms with Gasteiger partial charge in [0.05, 0.1) is 10.9 Å². The average Bonchev–Trinajstić information content (AvgIpc) is 3.68. The third-order valence-corrected chi connectivity index (χ3v) is 8.16. The van der Waals surface area contributed by atoms with Gasteiger partial charge in [0, 0.05) is 17.0 Å². The Hall–Kier alpha value is -2.52. The Labute approximate surface area is 195 Å². The topological polar surface area (TPSA) is 22.1 Å². The van der Waals surface area contributed by atoms with Gasteiger partial charge in [-0.1, -0.05) is 42.5 Å². The number of hydrogen-bond donors (Lipinski definition) is 0. The molecule has 1 aliphatic heterocycles. The fourth-order valence-corrected chi connectivity index (χ4v) is 6.20. The van der Waals surface area contributed by atoms with Gasteiger partial charge in [0.25, 0.3) is 0 Å². The standard InChI is InChI=1S/C29H28NOS/c1-3-7-25-23(6-1)18-31-28-16-12-20(17-26(28)29(25)32-19-21-9-10-21)11-14-24-15-13-22-5-2-4-8-27(22)30-24/h1,3,6-7,11-17,29H,2,4-5,8-10,18-19H2/b14-11+. The number of aryl methyl sites for hydroxylation is 2. The van der Waals surface area contributed by atoms with E-state index in [-0.39, 0.29) is 0 Å². The van der Waals surface area contributed by atoms with E-state index in [4.69, 9.17) is 9.72 Å². The number of rotatable bonds is 5. The zero-order valence-electron chi connectivity index (χ0n) is 18.3. The molecule has 2 aromatic carbocycles. The van der Waals surface area contributed by atoms with E-state index in [1.807, 2.05) is 0 Å². The van der Waals surface area contributed by atoms with Crippen molar-refractivity contribution in [2.24, 2.45) is 0 Å². The van der Waals surface area contributed by atoms with Crippen molar-refractivity contribution in [3.8, 4) is 5.75 Å². The van der Waals surface area contributed by atoms with Crippen LogP contribution in [0.5, 0.6) is 5.75 Å². The highest BCUT2D eigenvalue weighted by Gasteiger charge is 2.29. The second-order valence-electron chi connectivity index (χ2n) is 9.11. The van der Waals surface area contributed by atoms with E-state index in [1.165, 1.54) is 65.6 Å². The van der Waals surface area contributed by atoms with Crippen molar-refractivity contribution in [1.82, 2.24) is 4.98 Å². The molecule has 1 fully saturated rings. The van der Waals surface area contributed by atoms with Gasteiger partial charge in [-0.15, -0.1) is 11.8 Å². The lowest BCUT2D eigenvalue weighted by Crippen LogP contribution is -2.05. The summed E-state index contributed by atoms with van der Waals surface area (Å²) in [4.78, 5) is 4.91. The van der Waals surface area contributed by atoms with Crippen LogP contribution in [0.2, 0.25) is 0 Å². The zero-order valence-corrected chi connectivity index (χ0v) is 19.2. The maximum Gasteiger partial charge on any atom is 0.124 e. The number of fused-ring (bicyclic) bond motifs is 3. The number of nitrogens with zero attached hydrogens (tertiary/aromatic N) is 1. The minimum atomic E-state index is 0.312. The summed E-state index contributed by atoms with van der Waals surface area (Å²) < 4.78 is 6.25. The SMILES string of the molecule is C(=C\c1ccc2c(n1)CCCC2)/c1ccc2c(c1)C(SC[C]1CC1)c1ccccc1CO2. The maximum absolute atomic E-state index is 6.25. The van der Waals surface area contributed by atoms with Crippen LogP contribution in [-0.4, -0.2) is 10.7 Å². The molecule has 3 heteroatoms. The maximum atomic E-state index is 6.25. The van der Waals surface area contributed by atoms with Gasteiger partial charge in [-0.25, -0.2) is 0 Å². The van der Waals surface area contributed by atoms with Crippen LogP contribution in [0.15, 0.2) is 54.6 Å². The van der Waals surface area contributed by atoms with Gasteiger partial charge in [-0.05, 0) is 91.0 Å². The molecule has 0 saturated heterocycles. The van der Waals surface area contributed by atoms with Gasteiger partial charge in [0.1, 0.15) is 12.4 Å². The number of aromatic nitrogens is 1. The number of benzene rings is 2. The van der Waals surface area contributed by atoms with Crippen molar-refractivity contribution in [1.29, 1.82) is 0 Å². The summed E-state index contributed by atoms with van der Waals surface area (Å²) in [6.07, 6.45) is 11.8. The van der Waals surface area contributed by atoms with Crippen LogP contribution in [-0.2, 0) is 19.4 Å². The summed E-state index contributed by atoms with van der Waals surface area (Å²) >= 11 is 2.05. The van der Waals surface area contributed by atoms with Crippen molar-refractivity contribution in [3.05, 3.63) is 99.7 Å². The second kappa shape index (κ2) is 8.78. The van der Waals surface area contributed by atoms with Crippen molar-refractivity contribution in [3.63, 3.8) is 0 Å². The molecule has 1 unspecified atom stereocenters. The van der Waals surface area contributed by atoms with Crippen LogP contribution >= 0.6 is 11.8 Å². The summed E-state index contributed by atoms with van der Waals surface area (Å²) in [5.41, 5.74) is 8.98. The molecule has 0 N–H and O–H groups in total. The molecule has 2 aliphatic carbocycles. The molecular formula is C29H28NOS. The minimum absolute atomic E-state index is 0.312. The third kappa shape index (κ3) is 4.23. The largest absolute Gasteiger partial charge is 0.489 e. The fraction of sp³-hybridized carbons (Fsp3) is 0.310. The predicted molar refractivity (Wildman–Crippen MR) is 134 cm³/mol. The molecule has 6 rings (SSSR count). The van der Waals surface area contributed by atoms with Crippen molar-refractivity contribution < 1.29 is 4.74 Å². The Kier molecular flexibility index (Phi) is 5.52. The van der Waals surface area contributed by atoms with E-state index in [2.05, 4.69) is 78.5 Å². The quantitative estimate of drug-likeness (QED) is 0.420. The van der Waals surface area contributed by atoms with Gasteiger partial charge in [-0.3, -0.25) is 4.98 Å². The Bertz CT molecular complexity index is 1160. The molecule has 0 amide bonds. The lowest BCUT2D eigenvalue weighted by molar-refractivity contribution is 0.307. The summed E-state index contributed by atoms with van der Waals surface area (Å²) in [6, 6.07) is 19.8. The first-order valence-corrected chi connectivity index (χ1v) is 12.8. The first kappa shape index (κ1) is 20.1. The van der Waals surface area contributed by atoms with Gasteiger partial charge in [0.2, 0.25) is 0 Å². The Morgan fingerprint density at radius 3 is 2.72 bits per heavy atom. The molecule has 1 radical (unpaired) electrons. The number of pyridine rings is 1. The summed E-state index contributed by atoms with van der Waals surface area (Å²) in [7, 11) is 0. The van der Waals surface area contributed by atoms with Crippen LogP contribution in [0, 0.1) is 5.92 Å². The lowest BCUT2D eigenvalue weighted by atomic mass is 9.96. The monoisotopic (exact) mass is 438 g/mol. The van der Waals surface area contributed by atoms with E-state index in [0.717, 1.165) is 23.6 Å². The Balaban J connectivity index is 1.31. The lowest BCUT2D eigenvalue weighted by Gasteiger charge is -2.19. The smallest absolute Gasteiger partial charge is 0.124 e. The molecule has 2 nitrogen and oxygen atoms in total. The Morgan fingerprint density at radius 2 is 1.78 bits per heavy atom. The fourth-order valence-electron chi connectivity index (χ4n) is 4.74. The van der Waals surface area contributed by atoms with Crippen molar-refractivity contribution >= 4 is 23.9 Å². The molecule has 32 heavy (non-hydrogen) atoms. The highest BCUT2D eigenvalue weighted by atomic mass is 32.2. The first-order chi connectivity index (χ1) is 15.8. The molecule has 3 aliphatic rings. The van der Waals surface area contributed by atoms with Crippen LogP contribution in [0.3, 0.4) is 0 Å². The number of thioether (sulfide) groups is 1. The van der Waals surface area contributed by atoms with Crippen molar-refractivity contribution in [2.45, 2.75) is 50.4 Å². The van der Waals surface area contributed by atoms with Gasteiger partial charge >= 0.3 is 0 Å². The normalized spacial score (nSPS) is 19.6. The van der Waals surface area contributed by atoms with Crippen molar-refractivity contribution in [2.75, 3.05) is 5.75 Å². The molecule has 0 bridgehead atoms. The molecule has 1 atom stereocenters. The van der Waals surface area contributed by atoms with Crippen LogP contribution in [0.4, 0.5) is 0 Å². The molecule has 2 heterocycles. The van der Waals surface area contributed by atoms with E-state index in [1.54, 1.807) is 5.92 Å². The highest BCUT2D eigenvalue weighted by molar-refractivity contribution is 7.99. The second-order valence-corrected chi connectivity index (χ2v) is 10.2. The summed E-state index contributed by atoms with van der Waals surface area (Å²) in [5, 5.41) is 0.312. The van der Waals surface area contributed by atoms with Gasteiger partial charge in [-0.2, -0.15) is 0 Å². The average molecular weight is 439 g/mol. The zero-order chi connectivity index (χ0) is 21.3.